The van der Waals surface area contributed by atoms with Crippen LogP contribution in [0.4, 0.5) is 0 Å². The number of aliphatic hydroxyl groups is 1. The molecule has 3 rings (SSSR count). The van der Waals surface area contributed by atoms with E-state index in [-0.39, 0.29) is 30.3 Å². The second-order valence-corrected chi connectivity index (χ2v) is 7.45. The molecule has 0 aliphatic heterocycles. The third-order valence-corrected chi connectivity index (χ3v) is 5.21. The number of methoxy groups -OCH3 is 1. The van der Waals surface area contributed by atoms with Gasteiger partial charge in [-0.1, -0.05) is 12.1 Å². The van der Waals surface area contributed by atoms with Gasteiger partial charge in [0.2, 0.25) is 0 Å². The molecule has 2 aromatic heterocycles. The molecule has 2 heterocycles. The monoisotopic (exact) mass is 467 g/mol. The van der Waals surface area contributed by atoms with Gasteiger partial charge in [0.25, 0.3) is 5.56 Å². The number of hydrogen-bond donors (Lipinski definition) is 2. The van der Waals surface area contributed by atoms with Crippen LogP contribution in [0, 0.1) is 0 Å². The van der Waals surface area contributed by atoms with Gasteiger partial charge < -0.3 is 36.9 Å². The largest absolute Gasteiger partial charge is 1.00 e. The predicted octanol–water partition coefficient (Wildman–Crippen LogP) is -3.77. The zero-order valence-corrected chi connectivity index (χ0v) is 19.3. The molecule has 0 bridgehead atoms. The third kappa shape index (κ3) is 5.70. The summed E-state index contributed by atoms with van der Waals surface area (Å²) < 4.78 is 15.1. The molecular formula is C21H30ClN5O5. The predicted molar refractivity (Wildman–Crippen MR) is 116 cm³/mol. The minimum absolute atomic E-state index is 0. The van der Waals surface area contributed by atoms with Crippen molar-refractivity contribution in [3.05, 3.63) is 51.4 Å². The number of aromatic nitrogens is 4. The molecule has 0 saturated carbocycles. The molecule has 3 N–H and O–H groups in total. The SMILES string of the molecule is COc1ccccc1OCC(O)C[NH2+]CCCCn1cnc2c1c(=O)n(C)c(=O)n2C.[Cl-]. The topological polar surface area (TPSA) is 117 Å². The van der Waals surface area contributed by atoms with Crippen LogP contribution in [0.2, 0.25) is 0 Å². The van der Waals surface area contributed by atoms with Crippen molar-refractivity contribution in [1.82, 2.24) is 18.7 Å². The normalized spacial score (nSPS) is 11.9. The highest BCUT2D eigenvalue weighted by Crippen LogP contribution is 2.25. The highest BCUT2D eigenvalue weighted by Gasteiger charge is 2.14. The summed E-state index contributed by atoms with van der Waals surface area (Å²) in [5.74, 6) is 1.25. The van der Waals surface area contributed by atoms with Gasteiger partial charge in [-0.15, -0.1) is 0 Å². The lowest BCUT2D eigenvalue weighted by atomic mass is 10.3. The van der Waals surface area contributed by atoms with Gasteiger partial charge in [0.1, 0.15) is 19.3 Å². The van der Waals surface area contributed by atoms with Gasteiger partial charge in [0.05, 0.1) is 20.0 Å². The lowest BCUT2D eigenvalue weighted by molar-refractivity contribution is -0.661. The Balaban J connectivity index is 0.00000363. The molecule has 176 valence electrons. The van der Waals surface area contributed by atoms with E-state index in [1.54, 1.807) is 31.1 Å². The minimum Gasteiger partial charge on any atom is -1.00 e. The highest BCUT2D eigenvalue weighted by atomic mass is 35.5. The third-order valence-electron chi connectivity index (χ3n) is 5.21. The number of nitrogens with two attached hydrogens (primary N) is 1. The van der Waals surface area contributed by atoms with Gasteiger partial charge >= 0.3 is 5.69 Å². The van der Waals surface area contributed by atoms with E-state index in [2.05, 4.69) is 4.98 Å². The number of nitrogens with zero attached hydrogens (tertiary/aromatic N) is 4. The van der Waals surface area contributed by atoms with Crippen LogP contribution < -0.4 is 38.4 Å². The zero-order valence-electron chi connectivity index (χ0n) is 18.5. The first-order valence-corrected chi connectivity index (χ1v) is 10.3. The first-order valence-electron chi connectivity index (χ1n) is 10.3. The van der Waals surface area contributed by atoms with Crippen molar-refractivity contribution in [2.45, 2.75) is 25.5 Å². The number of hydrogen-bond acceptors (Lipinski definition) is 6. The molecule has 1 aromatic carbocycles. The van der Waals surface area contributed by atoms with Crippen LogP contribution in [-0.2, 0) is 20.6 Å². The molecule has 0 amide bonds. The fraction of sp³-hybridized carbons (Fsp3) is 0.476. The Bertz CT molecular complexity index is 1140. The number of fused-ring (bicyclic) bond motifs is 1. The van der Waals surface area contributed by atoms with Crippen LogP contribution in [0.5, 0.6) is 11.5 Å². The fourth-order valence-electron chi connectivity index (χ4n) is 3.44. The van der Waals surface area contributed by atoms with E-state index in [4.69, 9.17) is 9.47 Å². The molecule has 0 saturated heterocycles. The summed E-state index contributed by atoms with van der Waals surface area (Å²) in [5, 5.41) is 12.2. The Morgan fingerprint density at radius 1 is 1.12 bits per heavy atom. The van der Waals surface area contributed by atoms with Crippen molar-refractivity contribution < 1.29 is 32.3 Å². The van der Waals surface area contributed by atoms with E-state index >= 15 is 0 Å². The van der Waals surface area contributed by atoms with E-state index in [0.717, 1.165) is 24.0 Å². The number of aryl methyl sites for hydroxylation is 2. The van der Waals surface area contributed by atoms with E-state index in [0.29, 0.717) is 35.8 Å². The van der Waals surface area contributed by atoms with E-state index in [1.165, 1.54) is 11.6 Å². The second kappa shape index (κ2) is 11.7. The number of unbranched alkanes of at least 4 members (excludes halogenated alkanes) is 1. The molecule has 0 spiro atoms. The van der Waals surface area contributed by atoms with Crippen LogP contribution in [0.15, 0.2) is 40.2 Å². The van der Waals surface area contributed by atoms with Crippen LogP contribution in [0.1, 0.15) is 12.8 Å². The molecule has 0 aliphatic rings. The molecule has 1 atom stereocenters. The molecule has 3 aromatic rings. The van der Waals surface area contributed by atoms with Crippen molar-refractivity contribution in [2.75, 3.05) is 26.8 Å². The number of aliphatic hydroxyl groups excluding tert-OH is 1. The molecule has 0 aliphatic carbocycles. The Labute approximate surface area is 191 Å². The van der Waals surface area contributed by atoms with Crippen molar-refractivity contribution in [3.8, 4) is 11.5 Å². The lowest BCUT2D eigenvalue weighted by Gasteiger charge is -2.13. The maximum Gasteiger partial charge on any atom is 0.332 e. The molecule has 10 nitrogen and oxygen atoms in total. The zero-order chi connectivity index (χ0) is 22.4. The molecule has 11 heteroatoms. The van der Waals surface area contributed by atoms with E-state index in [1.807, 2.05) is 23.5 Å². The molecule has 0 fully saturated rings. The molecule has 32 heavy (non-hydrogen) atoms. The van der Waals surface area contributed by atoms with Gasteiger partial charge in [-0.2, -0.15) is 0 Å². The number of rotatable bonds is 11. The van der Waals surface area contributed by atoms with Crippen molar-refractivity contribution in [2.24, 2.45) is 14.1 Å². The summed E-state index contributed by atoms with van der Waals surface area (Å²) in [6, 6.07) is 7.34. The van der Waals surface area contributed by atoms with Gasteiger partial charge in [0.15, 0.2) is 22.7 Å². The molecule has 0 radical (unpaired) electrons. The number of ether oxygens (including phenoxy) is 2. The smallest absolute Gasteiger partial charge is 0.332 e. The van der Waals surface area contributed by atoms with Crippen LogP contribution in [0.3, 0.4) is 0 Å². The van der Waals surface area contributed by atoms with Crippen molar-refractivity contribution in [3.63, 3.8) is 0 Å². The quantitative estimate of drug-likeness (QED) is 0.280. The Hall–Kier alpha value is -2.82. The Kier molecular flexibility index (Phi) is 9.30. The van der Waals surface area contributed by atoms with Crippen LogP contribution >= 0.6 is 0 Å². The highest BCUT2D eigenvalue weighted by molar-refractivity contribution is 5.69. The van der Waals surface area contributed by atoms with Crippen molar-refractivity contribution >= 4 is 11.2 Å². The minimum atomic E-state index is -0.591. The summed E-state index contributed by atoms with van der Waals surface area (Å²) >= 11 is 0. The first kappa shape index (κ1) is 25.4. The fourth-order valence-corrected chi connectivity index (χ4v) is 3.44. The summed E-state index contributed by atoms with van der Waals surface area (Å²) in [7, 11) is 4.66. The molecule has 1 unspecified atom stereocenters. The second-order valence-electron chi connectivity index (χ2n) is 7.45. The Morgan fingerprint density at radius 2 is 1.84 bits per heavy atom. The average Bonchev–Trinajstić information content (AvgIpc) is 3.21. The van der Waals surface area contributed by atoms with E-state index in [9.17, 15) is 14.7 Å². The van der Waals surface area contributed by atoms with Gasteiger partial charge in [0, 0.05) is 20.6 Å². The number of para-hydroxylation sites is 2. The van der Waals surface area contributed by atoms with Gasteiger partial charge in [-0.3, -0.25) is 13.9 Å². The standard InChI is InChI=1S/C21H29N5O5.ClH/c1-24-19-18(20(28)25(2)21(24)29)26(14-23-19)11-7-6-10-22-12-15(27)13-31-17-9-5-4-8-16(17)30-3;/h4-5,8-9,14-15,22,27H,6-7,10-13H2,1-3H3;1H. The maximum absolute atomic E-state index is 12.4. The number of quaternary nitrogens is 1. The summed E-state index contributed by atoms with van der Waals surface area (Å²) in [6.45, 7) is 2.21. The average molecular weight is 468 g/mol. The number of halogens is 1. The van der Waals surface area contributed by atoms with E-state index < -0.39 is 6.10 Å². The van der Waals surface area contributed by atoms with Gasteiger partial charge in [-0.05, 0) is 25.0 Å². The summed E-state index contributed by atoms with van der Waals surface area (Å²) in [5.41, 5.74) is 0.126. The maximum atomic E-state index is 12.4. The summed E-state index contributed by atoms with van der Waals surface area (Å²) in [4.78, 5) is 28.7. The summed E-state index contributed by atoms with van der Waals surface area (Å²) in [6.07, 6.45) is 2.77. The lowest BCUT2D eigenvalue weighted by Crippen LogP contribution is -3.00. The molecular weight excluding hydrogens is 438 g/mol. The van der Waals surface area contributed by atoms with Crippen molar-refractivity contribution in [1.29, 1.82) is 0 Å². The van der Waals surface area contributed by atoms with Crippen LogP contribution in [-0.4, -0.2) is 56.7 Å². The first-order chi connectivity index (χ1) is 14.9. The van der Waals surface area contributed by atoms with Crippen LogP contribution in [0.25, 0.3) is 11.2 Å². The Morgan fingerprint density at radius 3 is 2.56 bits per heavy atom. The van der Waals surface area contributed by atoms with Gasteiger partial charge in [-0.25, -0.2) is 9.78 Å². The number of imidazole rings is 1. The number of benzene rings is 1.